The van der Waals surface area contributed by atoms with Gasteiger partial charge in [-0.3, -0.25) is 9.69 Å². The molecule has 2 heterocycles. The molecule has 6 heteroatoms. The van der Waals surface area contributed by atoms with E-state index in [1.165, 1.54) is 4.88 Å². The van der Waals surface area contributed by atoms with E-state index in [0.717, 1.165) is 50.6 Å². The van der Waals surface area contributed by atoms with Gasteiger partial charge in [0.15, 0.2) is 0 Å². The molecule has 1 aliphatic rings. The van der Waals surface area contributed by atoms with E-state index >= 15 is 0 Å². The lowest BCUT2D eigenvalue weighted by atomic mass is 10.2. The SMILES string of the molecule is CCOc1ccc(NC(=O)C(C)N2CCN(CCc3cccs3)CC2)cc1. The van der Waals surface area contributed by atoms with Crippen LogP contribution in [0, 0.1) is 0 Å². The van der Waals surface area contributed by atoms with Gasteiger partial charge >= 0.3 is 0 Å². The van der Waals surface area contributed by atoms with E-state index in [2.05, 4.69) is 32.6 Å². The molecule has 1 unspecified atom stereocenters. The van der Waals surface area contributed by atoms with Crippen molar-refractivity contribution in [2.45, 2.75) is 26.3 Å². The summed E-state index contributed by atoms with van der Waals surface area (Å²) >= 11 is 1.83. The fourth-order valence-corrected chi connectivity index (χ4v) is 4.01. The molecule has 27 heavy (non-hydrogen) atoms. The number of ether oxygens (including phenoxy) is 1. The first kappa shape index (κ1) is 19.9. The zero-order chi connectivity index (χ0) is 19.1. The average molecular weight is 388 g/mol. The number of amides is 1. The number of benzene rings is 1. The molecule has 1 atom stereocenters. The van der Waals surface area contributed by atoms with Gasteiger partial charge < -0.3 is 15.0 Å². The Morgan fingerprint density at radius 2 is 1.93 bits per heavy atom. The molecule has 1 N–H and O–H groups in total. The van der Waals surface area contributed by atoms with Gasteiger partial charge in [0.25, 0.3) is 0 Å². The van der Waals surface area contributed by atoms with Gasteiger partial charge in [-0.15, -0.1) is 11.3 Å². The Bertz CT molecular complexity index is 695. The molecule has 3 rings (SSSR count). The Kier molecular flexibility index (Phi) is 7.26. The van der Waals surface area contributed by atoms with Gasteiger partial charge in [0.2, 0.25) is 5.91 Å². The summed E-state index contributed by atoms with van der Waals surface area (Å²) in [4.78, 5) is 18.8. The predicted octanol–water partition coefficient (Wildman–Crippen LogP) is 3.33. The molecule has 146 valence electrons. The van der Waals surface area contributed by atoms with Crippen molar-refractivity contribution in [1.29, 1.82) is 0 Å². The minimum Gasteiger partial charge on any atom is -0.494 e. The normalized spacial score (nSPS) is 16.8. The lowest BCUT2D eigenvalue weighted by molar-refractivity contribution is -0.121. The number of rotatable bonds is 8. The van der Waals surface area contributed by atoms with Crippen molar-refractivity contribution in [3.63, 3.8) is 0 Å². The summed E-state index contributed by atoms with van der Waals surface area (Å²) < 4.78 is 5.44. The van der Waals surface area contributed by atoms with Crippen LogP contribution < -0.4 is 10.1 Å². The smallest absolute Gasteiger partial charge is 0.241 e. The number of carbonyl (C=O) groups excluding carboxylic acids is 1. The summed E-state index contributed by atoms with van der Waals surface area (Å²) in [7, 11) is 0. The van der Waals surface area contributed by atoms with Gasteiger partial charge in [0.1, 0.15) is 5.75 Å². The topological polar surface area (TPSA) is 44.8 Å². The summed E-state index contributed by atoms with van der Waals surface area (Å²) in [6.45, 7) is 9.59. The summed E-state index contributed by atoms with van der Waals surface area (Å²) in [5.41, 5.74) is 0.810. The lowest BCUT2D eigenvalue weighted by Crippen LogP contribution is -2.53. The number of hydrogen-bond donors (Lipinski definition) is 1. The molecule has 2 aromatic rings. The zero-order valence-corrected chi connectivity index (χ0v) is 17.0. The van der Waals surface area contributed by atoms with Crippen LogP contribution in [0.25, 0.3) is 0 Å². The Morgan fingerprint density at radius 1 is 1.19 bits per heavy atom. The molecule has 1 aromatic carbocycles. The number of nitrogens with zero attached hydrogens (tertiary/aromatic N) is 2. The van der Waals surface area contributed by atoms with Gasteiger partial charge in [-0.2, -0.15) is 0 Å². The van der Waals surface area contributed by atoms with Crippen LogP contribution in [-0.2, 0) is 11.2 Å². The molecule has 0 bridgehead atoms. The summed E-state index contributed by atoms with van der Waals surface area (Å²) in [6, 6.07) is 11.7. The maximum atomic E-state index is 12.6. The minimum absolute atomic E-state index is 0.0474. The van der Waals surface area contributed by atoms with E-state index in [9.17, 15) is 4.79 Å². The van der Waals surface area contributed by atoms with Crippen LogP contribution in [0.5, 0.6) is 5.75 Å². The van der Waals surface area contributed by atoms with E-state index in [4.69, 9.17) is 4.74 Å². The van der Waals surface area contributed by atoms with Gasteiger partial charge in [0, 0.05) is 43.3 Å². The van der Waals surface area contributed by atoms with Crippen LogP contribution in [0.2, 0.25) is 0 Å². The van der Waals surface area contributed by atoms with Crippen molar-refractivity contribution >= 4 is 22.9 Å². The van der Waals surface area contributed by atoms with Crippen molar-refractivity contribution in [3.8, 4) is 5.75 Å². The largest absolute Gasteiger partial charge is 0.494 e. The van der Waals surface area contributed by atoms with Crippen LogP contribution in [0.4, 0.5) is 5.69 Å². The van der Waals surface area contributed by atoms with Crippen LogP contribution in [-0.4, -0.2) is 61.1 Å². The standard InChI is InChI=1S/C21H29N3O2S/c1-3-26-19-8-6-18(7-9-19)22-21(25)17(2)24-14-12-23(13-15-24)11-10-20-5-4-16-27-20/h4-9,16-17H,3,10-15H2,1-2H3,(H,22,25). The highest BCUT2D eigenvalue weighted by Gasteiger charge is 2.25. The average Bonchev–Trinajstić information content (AvgIpc) is 3.21. The molecular weight excluding hydrogens is 358 g/mol. The van der Waals surface area contributed by atoms with Crippen molar-refractivity contribution in [3.05, 3.63) is 46.7 Å². The lowest BCUT2D eigenvalue weighted by Gasteiger charge is -2.37. The van der Waals surface area contributed by atoms with E-state index in [-0.39, 0.29) is 11.9 Å². The Balaban J connectivity index is 1.42. The van der Waals surface area contributed by atoms with Crippen molar-refractivity contribution in [2.24, 2.45) is 0 Å². The second-order valence-corrected chi connectivity index (χ2v) is 7.86. The second-order valence-electron chi connectivity index (χ2n) is 6.83. The Labute approximate surface area is 165 Å². The van der Waals surface area contributed by atoms with E-state index in [1.54, 1.807) is 0 Å². The van der Waals surface area contributed by atoms with Gasteiger partial charge in [-0.1, -0.05) is 6.07 Å². The highest BCUT2D eigenvalue weighted by atomic mass is 32.1. The molecule has 1 amide bonds. The first-order valence-corrected chi connectivity index (χ1v) is 10.6. The molecule has 5 nitrogen and oxygen atoms in total. The van der Waals surface area contributed by atoms with E-state index < -0.39 is 0 Å². The maximum Gasteiger partial charge on any atom is 0.241 e. The zero-order valence-electron chi connectivity index (χ0n) is 16.2. The number of carbonyl (C=O) groups is 1. The summed E-state index contributed by atoms with van der Waals surface area (Å²) in [6.07, 6.45) is 1.12. The third-order valence-electron chi connectivity index (χ3n) is 5.02. The maximum absolute atomic E-state index is 12.6. The third kappa shape index (κ3) is 5.79. The highest BCUT2D eigenvalue weighted by Crippen LogP contribution is 2.17. The molecule has 0 spiro atoms. The molecular formula is C21H29N3O2S. The van der Waals surface area contributed by atoms with Gasteiger partial charge in [-0.05, 0) is 56.0 Å². The van der Waals surface area contributed by atoms with Crippen molar-refractivity contribution in [2.75, 3.05) is 44.6 Å². The second kappa shape index (κ2) is 9.88. The minimum atomic E-state index is -0.129. The highest BCUT2D eigenvalue weighted by molar-refractivity contribution is 7.09. The first-order valence-electron chi connectivity index (χ1n) is 9.68. The first-order chi connectivity index (χ1) is 13.2. The van der Waals surface area contributed by atoms with Crippen LogP contribution >= 0.6 is 11.3 Å². The molecule has 1 aliphatic heterocycles. The van der Waals surface area contributed by atoms with E-state index in [1.807, 2.05) is 49.4 Å². The van der Waals surface area contributed by atoms with Crippen molar-refractivity contribution < 1.29 is 9.53 Å². The van der Waals surface area contributed by atoms with Crippen molar-refractivity contribution in [1.82, 2.24) is 9.80 Å². The number of hydrogen-bond acceptors (Lipinski definition) is 5. The Morgan fingerprint density at radius 3 is 2.56 bits per heavy atom. The van der Waals surface area contributed by atoms with Crippen LogP contribution in [0.1, 0.15) is 18.7 Å². The molecule has 0 aliphatic carbocycles. The number of nitrogens with one attached hydrogen (secondary N) is 1. The van der Waals surface area contributed by atoms with Crippen LogP contribution in [0.15, 0.2) is 41.8 Å². The molecule has 1 saturated heterocycles. The third-order valence-corrected chi connectivity index (χ3v) is 5.96. The molecule has 1 fully saturated rings. The quantitative estimate of drug-likeness (QED) is 0.755. The van der Waals surface area contributed by atoms with Gasteiger partial charge in [0.05, 0.1) is 12.6 Å². The van der Waals surface area contributed by atoms with E-state index in [0.29, 0.717) is 6.61 Å². The molecule has 0 saturated carbocycles. The monoisotopic (exact) mass is 387 g/mol. The predicted molar refractivity (Wildman–Crippen MR) is 112 cm³/mol. The van der Waals surface area contributed by atoms with Gasteiger partial charge in [-0.25, -0.2) is 0 Å². The fraction of sp³-hybridized carbons (Fsp3) is 0.476. The fourth-order valence-electron chi connectivity index (χ4n) is 3.31. The summed E-state index contributed by atoms with van der Waals surface area (Å²) in [5, 5.41) is 5.15. The van der Waals surface area contributed by atoms with Crippen LogP contribution in [0.3, 0.4) is 0 Å². The summed E-state index contributed by atoms with van der Waals surface area (Å²) in [5.74, 6) is 0.869. The molecule has 1 aromatic heterocycles. The molecule has 0 radical (unpaired) electrons. The Hall–Kier alpha value is -1.89. The number of piperazine rings is 1. The number of anilines is 1. The number of thiophene rings is 1.